The highest BCUT2D eigenvalue weighted by atomic mass is 35.5. The van der Waals surface area contributed by atoms with Crippen LogP contribution in [-0.2, 0) is 4.74 Å². The van der Waals surface area contributed by atoms with Gasteiger partial charge in [-0.15, -0.1) is 0 Å². The van der Waals surface area contributed by atoms with Crippen LogP contribution in [0.3, 0.4) is 0 Å². The molecular formula is C14H20ClN3O. The molecular weight excluding hydrogens is 262 g/mol. The number of ether oxygens (including phenoxy) is 1. The number of hydrogen-bond acceptors (Lipinski definition) is 3. The molecule has 3 N–H and O–H groups in total. The second-order valence-electron chi connectivity index (χ2n) is 5.64. The fourth-order valence-corrected chi connectivity index (χ4v) is 2.81. The molecule has 5 heteroatoms. The predicted molar refractivity (Wildman–Crippen MR) is 79.3 cm³/mol. The first kappa shape index (κ1) is 14.2. The van der Waals surface area contributed by atoms with E-state index in [2.05, 4.69) is 25.7 Å². The zero-order valence-corrected chi connectivity index (χ0v) is 12.3. The molecule has 1 aliphatic heterocycles. The number of hydrogen-bond donors (Lipinski definition) is 2. The van der Waals surface area contributed by atoms with Crippen LogP contribution in [0.4, 0.5) is 5.69 Å². The van der Waals surface area contributed by atoms with Gasteiger partial charge in [-0.2, -0.15) is 0 Å². The van der Waals surface area contributed by atoms with E-state index in [1.54, 1.807) is 6.07 Å². The number of halogens is 1. The Balaban J connectivity index is 2.38. The van der Waals surface area contributed by atoms with Gasteiger partial charge in [-0.1, -0.05) is 11.6 Å². The topological polar surface area (TPSA) is 62.3 Å². The summed E-state index contributed by atoms with van der Waals surface area (Å²) in [5.41, 5.74) is 7.06. The molecule has 1 aliphatic rings. The lowest BCUT2D eigenvalue weighted by Gasteiger charge is -2.43. The van der Waals surface area contributed by atoms with E-state index in [1.165, 1.54) is 0 Å². The van der Waals surface area contributed by atoms with Crippen molar-refractivity contribution in [1.29, 1.82) is 5.41 Å². The number of nitrogens with two attached hydrogens (primary N) is 1. The predicted octanol–water partition coefficient (Wildman–Crippen LogP) is 2.63. The second kappa shape index (κ2) is 5.02. The van der Waals surface area contributed by atoms with E-state index in [9.17, 15) is 0 Å². The van der Waals surface area contributed by atoms with Crippen LogP contribution in [0.25, 0.3) is 0 Å². The van der Waals surface area contributed by atoms with E-state index in [4.69, 9.17) is 27.5 Å². The summed E-state index contributed by atoms with van der Waals surface area (Å²) in [5, 5.41) is 8.29. The standard InChI is InChI=1S/C14H20ClN3O/c1-9-7-18(8-14(2,3)19-9)12-5-4-10(15)6-11(12)13(16)17/h4-6,9H,7-8H2,1-3H3,(H3,16,17). The third-order valence-electron chi connectivity index (χ3n) is 3.16. The smallest absolute Gasteiger partial charge is 0.124 e. The molecule has 4 nitrogen and oxygen atoms in total. The summed E-state index contributed by atoms with van der Waals surface area (Å²) in [6.45, 7) is 7.74. The van der Waals surface area contributed by atoms with Crippen LogP contribution in [0.1, 0.15) is 26.3 Å². The minimum absolute atomic E-state index is 0.0365. The third kappa shape index (κ3) is 3.19. The van der Waals surface area contributed by atoms with Crippen LogP contribution in [-0.4, -0.2) is 30.6 Å². The summed E-state index contributed by atoms with van der Waals surface area (Å²) < 4.78 is 5.90. The van der Waals surface area contributed by atoms with Crippen LogP contribution in [0.2, 0.25) is 5.02 Å². The Kier molecular flexibility index (Phi) is 3.74. The monoisotopic (exact) mass is 281 g/mol. The summed E-state index contributed by atoms with van der Waals surface area (Å²) in [6.07, 6.45) is 0.138. The molecule has 19 heavy (non-hydrogen) atoms. The van der Waals surface area contributed by atoms with Crippen molar-refractivity contribution in [3.05, 3.63) is 28.8 Å². The van der Waals surface area contributed by atoms with Gasteiger partial charge in [0.25, 0.3) is 0 Å². The first-order chi connectivity index (χ1) is 8.78. The summed E-state index contributed by atoms with van der Waals surface area (Å²) in [6, 6.07) is 5.50. The van der Waals surface area contributed by atoms with Crippen molar-refractivity contribution in [3.8, 4) is 0 Å². The number of nitrogen functional groups attached to an aromatic ring is 1. The fraction of sp³-hybridized carbons (Fsp3) is 0.500. The number of anilines is 1. The first-order valence-corrected chi connectivity index (χ1v) is 6.73. The van der Waals surface area contributed by atoms with E-state index in [-0.39, 0.29) is 17.5 Å². The molecule has 0 spiro atoms. The molecule has 0 bridgehead atoms. The number of morpholine rings is 1. The van der Waals surface area contributed by atoms with Crippen LogP contribution >= 0.6 is 11.6 Å². The van der Waals surface area contributed by atoms with Crippen molar-refractivity contribution in [3.63, 3.8) is 0 Å². The summed E-state index contributed by atoms with van der Waals surface area (Å²) >= 11 is 5.99. The highest BCUT2D eigenvalue weighted by Gasteiger charge is 2.32. The highest BCUT2D eigenvalue weighted by molar-refractivity contribution is 6.31. The van der Waals surface area contributed by atoms with E-state index < -0.39 is 0 Å². The van der Waals surface area contributed by atoms with Gasteiger partial charge in [0.15, 0.2) is 0 Å². The van der Waals surface area contributed by atoms with E-state index in [1.807, 2.05) is 12.1 Å². The zero-order chi connectivity index (χ0) is 14.2. The number of nitrogens with zero attached hydrogens (tertiary/aromatic N) is 1. The van der Waals surface area contributed by atoms with Gasteiger partial charge >= 0.3 is 0 Å². The fourth-order valence-electron chi connectivity index (χ4n) is 2.64. The normalized spacial score (nSPS) is 22.3. The molecule has 2 rings (SSSR count). The molecule has 1 aromatic rings. The van der Waals surface area contributed by atoms with Crippen molar-refractivity contribution < 1.29 is 4.74 Å². The average molecular weight is 282 g/mol. The van der Waals surface area contributed by atoms with Crippen molar-refractivity contribution in [2.24, 2.45) is 5.73 Å². The number of benzene rings is 1. The third-order valence-corrected chi connectivity index (χ3v) is 3.39. The maximum absolute atomic E-state index is 7.70. The molecule has 0 radical (unpaired) electrons. The van der Waals surface area contributed by atoms with Gasteiger partial charge in [0, 0.05) is 29.4 Å². The maximum Gasteiger partial charge on any atom is 0.124 e. The number of nitrogens with one attached hydrogen (secondary N) is 1. The summed E-state index contributed by atoms with van der Waals surface area (Å²) in [5.74, 6) is 0.0365. The lowest BCUT2D eigenvalue weighted by molar-refractivity contribution is -0.0749. The minimum atomic E-state index is -0.217. The Morgan fingerprint density at radius 3 is 2.79 bits per heavy atom. The minimum Gasteiger partial charge on any atom is -0.384 e. The van der Waals surface area contributed by atoms with Gasteiger partial charge < -0.3 is 15.4 Å². The van der Waals surface area contributed by atoms with E-state index in [0.717, 1.165) is 18.8 Å². The Morgan fingerprint density at radius 2 is 2.21 bits per heavy atom. The van der Waals surface area contributed by atoms with Gasteiger partial charge in [0.2, 0.25) is 0 Å². The molecule has 104 valence electrons. The molecule has 1 atom stereocenters. The second-order valence-corrected chi connectivity index (χ2v) is 6.08. The number of rotatable bonds is 2. The van der Waals surface area contributed by atoms with Gasteiger partial charge in [-0.05, 0) is 39.0 Å². The van der Waals surface area contributed by atoms with Crippen LogP contribution in [0.15, 0.2) is 18.2 Å². The van der Waals surface area contributed by atoms with Gasteiger partial charge in [0.05, 0.1) is 11.7 Å². The highest BCUT2D eigenvalue weighted by Crippen LogP contribution is 2.30. The van der Waals surface area contributed by atoms with Gasteiger partial charge in [-0.3, -0.25) is 5.41 Å². The molecule has 0 aromatic heterocycles. The lowest BCUT2D eigenvalue weighted by Crippen LogP contribution is -2.52. The largest absolute Gasteiger partial charge is 0.384 e. The Morgan fingerprint density at radius 1 is 1.53 bits per heavy atom. The van der Waals surface area contributed by atoms with Crippen molar-refractivity contribution >= 4 is 23.1 Å². The van der Waals surface area contributed by atoms with Crippen LogP contribution < -0.4 is 10.6 Å². The average Bonchev–Trinajstić information content (AvgIpc) is 2.25. The molecule has 0 amide bonds. The van der Waals surface area contributed by atoms with Crippen molar-refractivity contribution in [2.75, 3.05) is 18.0 Å². The molecule has 1 unspecified atom stereocenters. The molecule has 0 saturated carbocycles. The Labute approximate surface area is 119 Å². The van der Waals surface area contributed by atoms with Crippen molar-refractivity contribution in [1.82, 2.24) is 0 Å². The molecule has 1 saturated heterocycles. The quantitative estimate of drug-likeness (QED) is 0.647. The van der Waals surface area contributed by atoms with E-state index in [0.29, 0.717) is 10.6 Å². The van der Waals surface area contributed by atoms with Gasteiger partial charge in [0.1, 0.15) is 5.84 Å². The van der Waals surface area contributed by atoms with E-state index >= 15 is 0 Å². The molecule has 1 fully saturated rings. The van der Waals surface area contributed by atoms with Gasteiger partial charge in [-0.25, -0.2) is 0 Å². The molecule has 1 aromatic carbocycles. The van der Waals surface area contributed by atoms with Crippen LogP contribution in [0.5, 0.6) is 0 Å². The Hall–Kier alpha value is -1.26. The molecule has 1 heterocycles. The number of amidine groups is 1. The summed E-state index contributed by atoms with van der Waals surface area (Å²) in [7, 11) is 0. The first-order valence-electron chi connectivity index (χ1n) is 6.35. The SMILES string of the molecule is CC1CN(c2ccc(Cl)cc2C(=N)N)CC(C)(C)O1. The summed E-state index contributed by atoms with van der Waals surface area (Å²) in [4.78, 5) is 2.21. The maximum atomic E-state index is 7.70. The van der Waals surface area contributed by atoms with Crippen molar-refractivity contribution in [2.45, 2.75) is 32.5 Å². The Bertz CT molecular complexity index is 501. The molecule has 0 aliphatic carbocycles. The lowest BCUT2D eigenvalue weighted by atomic mass is 10.0. The van der Waals surface area contributed by atoms with Crippen LogP contribution in [0, 0.1) is 5.41 Å². The zero-order valence-electron chi connectivity index (χ0n) is 11.5.